The molecule has 7 nitrogen and oxygen atoms in total. The second kappa shape index (κ2) is 10.8. The number of aliphatic hydroxyl groups is 5. The first-order chi connectivity index (χ1) is 11.1. The maximum atomic E-state index is 9.90. The molecule has 0 aliphatic heterocycles. The maximum absolute atomic E-state index is 9.90. The predicted octanol–water partition coefficient (Wildman–Crippen LogP) is 0.208. The molecule has 0 spiro atoms. The van der Waals surface area contributed by atoms with Crippen molar-refractivity contribution in [1.29, 1.82) is 0 Å². The molecule has 24 heavy (non-hydrogen) atoms. The van der Waals surface area contributed by atoms with Gasteiger partial charge in [-0.25, -0.2) is 0 Å². The molecule has 1 aromatic rings. The smallest absolute Gasteiger partial charge is 0.151 e. The van der Waals surface area contributed by atoms with Crippen molar-refractivity contribution >= 4 is 22.2 Å². The molecule has 1 aromatic carbocycles. The zero-order chi connectivity index (χ0) is 19.0. The summed E-state index contributed by atoms with van der Waals surface area (Å²) in [6.45, 7) is 5.34. The molecule has 6 N–H and O–H groups in total. The summed E-state index contributed by atoms with van der Waals surface area (Å²) in [5.74, 6) is 0.742. The van der Waals surface area contributed by atoms with Gasteiger partial charge in [-0.1, -0.05) is 26.0 Å². The molecule has 0 fully saturated rings. The minimum Gasteiger partial charge on any atom is -0.506 e. The molecule has 0 aromatic heterocycles. The molecule has 1 rings (SSSR count). The van der Waals surface area contributed by atoms with Gasteiger partial charge < -0.3 is 35.4 Å². The molecule has 0 saturated heterocycles. The van der Waals surface area contributed by atoms with Gasteiger partial charge in [0.2, 0.25) is 0 Å². The van der Waals surface area contributed by atoms with Gasteiger partial charge in [-0.15, -0.1) is 0 Å². The lowest BCUT2D eigenvalue weighted by Crippen LogP contribution is -2.46. The van der Waals surface area contributed by atoms with Crippen LogP contribution >= 0.6 is 15.9 Å². The van der Waals surface area contributed by atoms with E-state index in [0.29, 0.717) is 11.7 Å². The van der Waals surface area contributed by atoms with Crippen LogP contribution in [-0.2, 0) is 4.79 Å². The van der Waals surface area contributed by atoms with Gasteiger partial charge in [0.25, 0.3) is 0 Å². The number of carbonyl (C=O) groups excluding carboxylic acids is 1. The normalized spacial score (nSPS) is 15.9. The zero-order valence-corrected chi connectivity index (χ0v) is 15.4. The minimum absolute atomic E-state index is 0.0258. The lowest BCUT2D eigenvalue weighted by Gasteiger charge is -2.22. The zero-order valence-electron chi connectivity index (χ0n) is 13.8. The Morgan fingerprint density at radius 3 is 2.08 bits per heavy atom. The summed E-state index contributed by atoms with van der Waals surface area (Å²) < 4.78 is 0.814. The maximum Gasteiger partial charge on any atom is 0.151 e. The van der Waals surface area contributed by atoms with Crippen LogP contribution in [-0.4, -0.2) is 67.9 Å². The lowest BCUT2D eigenvalue weighted by atomic mass is 10.0. The fraction of sp³-hybridized carbons (Fsp3) is 0.562. The third-order valence-electron chi connectivity index (χ3n) is 3.38. The van der Waals surface area contributed by atoms with E-state index in [0.717, 1.165) is 15.6 Å². The van der Waals surface area contributed by atoms with E-state index >= 15 is 0 Å². The van der Waals surface area contributed by atoms with Gasteiger partial charge in [0.05, 0.1) is 11.1 Å². The van der Waals surface area contributed by atoms with E-state index in [-0.39, 0.29) is 6.29 Å². The predicted molar refractivity (Wildman–Crippen MR) is 91.8 cm³/mol. The number of benzene rings is 1. The van der Waals surface area contributed by atoms with E-state index in [1.807, 2.05) is 19.1 Å². The Morgan fingerprint density at radius 1 is 1.12 bits per heavy atom. The van der Waals surface area contributed by atoms with Crippen LogP contribution in [0.15, 0.2) is 16.6 Å². The first-order valence-electron chi connectivity index (χ1n) is 7.34. The van der Waals surface area contributed by atoms with Gasteiger partial charge in [-0.05, 0) is 39.9 Å². The minimum atomic E-state index is -1.79. The molecule has 0 bridgehead atoms. The van der Waals surface area contributed by atoms with Gasteiger partial charge in [0, 0.05) is 0 Å². The van der Waals surface area contributed by atoms with Crippen LogP contribution in [0.5, 0.6) is 5.75 Å². The van der Waals surface area contributed by atoms with Gasteiger partial charge in [-0.3, -0.25) is 0 Å². The second-order valence-corrected chi connectivity index (χ2v) is 6.44. The quantitative estimate of drug-likeness (QED) is 0.369. The highest BCUT2D eigenvalue weighted by Gasteiger charge is 2.29. The number of carbonyl (C=O) groups is 1. The standard InChI is InChI=1S/C10H13BrO.C6H12O6/c1-6(2)8-5-4-7(3)9(11)10(8)12;7-1-3(9)5(11)6(12)4(10)2-8/h4-6,12H,1-3H3;1,3-6,8-12H,2H2/t;3-,4+,5+,6+/m.0/s1. The summed E-state index contributed by atoms with van der Waals surface area (Å²) in [6.07, 6.45) is -6.84. The fourth-order valence-electron chi connectivity index (χ4n) is 1.76. The van der Waals surface area contributed by atoms with Crippen molar-refractivity contribution in [3.63, 3.8) is 0 Å². The number of aldehydes is 1. The Morgan fingerprint density at radius 2 is 1.67 bits per heavy atom. The van der Waals surface area contributed by atoms with Gasteiger partial charge in [-0.2, -0.15) is 0 Å². The van der Waals surface area contributed by atoms with E-state index in [2.05, 4.69) is 29.8 Å². The molecular weight excluding hydrogens is 384 g/mol. The van der Waals surface area contributed by atoms with Crippen LogP contribution in [0.1, 0.15) is 30.9 Å². The Balaban J connectivity index is 0.000000441. The van der Waals surface area contributed by atoms with Crippen molar-refractivity contribution < 1.29 is 35.4 Å². The second-order valence-electron chi connectivity index (χ2n) is 5.65. The van der Waals surface area contributed by atoms with Crippen molar-refractivity contribution in [3.05, 3.63) is 27.7 Å². The largest absolute Gasteiger partial charge is 0.506 e. The lowest BCUT2D eigenvalue weighted by molar-refractivity contribution is -0.136. The number of rotatable bonds is 6. The van der Waals surface area contributed by atoms with E-state index in [4.69, 9.17) is 25.5 Å². The number of phenols is 1. The highest BCUT2D eigenvalue weighted by atomic mass is 79.9. The first kappa shape index (κ1) is 23.0. The summed E-state index contributed by atoms with van der Waals surface area (Å²) >= 11 is 3.35. The molecule has 138 valence electrons. The van der Waals surface area contributed by atoms with E-state index in [1.165, 1.54) is 0 Å². The van der Waals surface area contributed by atoms with Crippen molar-refractivity contribution in [2.45, 2.75) is 51.1 Å². The highest BCUT2D eigenvalue weighted by Crippen LogP contribution is 2.34. The molecule has 0 unspecified atom stereocenters. The van der Waals surface area contributed by atoms with Crippen LogP contribution in [0.3, 0.4) is 0 Å². The molecule has 0 amide bonds. The SMILES string of the molecule is Cc1ccc(C(C)C)c(O)c1Br.O=C[C@H](O)[C@@H](O)[C@H](O)[C@H](O)CO. The van der Waals surface area contributed by atoms with Gasteiger partial charge in [0.1, 0.15) is 30.2 Å². The van der Waals surface area contributed by atoms with E-state index in [1.54, 1.807) is 0 Å². The molecule has 0 heterocycles. The van der Waals surface area contributed by atoms with Crippen LogP contribution < -0.4 is 0 Å². The van der Waals surface area contributed by atoms with Crippen LogP contribution in [0, 0.1) is 6.92 Å². The van der Waals surface area contributed by atoms with Crippen molar-refractivity contribution in [2.24, 2.45) is 0 Å². The number of hydrogen-bond acceptors (Lipinski definition) is 7. The fourth-order valence-corrected chi connectivity index (χ4v) is 2.13. The van der Waals surface area contributed by atoms with Gasteiger partial charge in [0.15, 0.2) is 6.29 Å². The monoisotopic (exact) mass is 408 g/mol. The molecule has 0 aliphatic carbocycles. The molecule has 0 aliphatic rings. The number of aryl methyl sites for hydroxylation is 1. The van der Waals surface area contributed by atoms with Crippen molar-refractivity contribution in [1.82, 2.24) is 0 Å². The van der Waals surface area contributed by atoms with Crippen LogP contribution in [0.25, 0.3) is 0 Å². The molecule has 8 heteroatoms. The number of halogens is 1. The average Bonchev–Trinajstić information content (AvgIpc) is 2.57. The third-order valence-corrected chi connectivity index (χ3v) is 4.38. The topological polar surface area (TPSA) is 138 Å². The number of phenolic OH excluding ortho intramolecular Hbond substituents is 1. The van der Waals surface area contributed by atoms with Crippen LogP contribution in [0.2, 0.25) is 0 Å². The summed E-state index contributed by atoms with van der Waals surface area (Å²) in [5.41, 5.74) is 2.06. The van der Waals surface area contributed by atoms with Gasteiger partial charge >= 0.3 is 0 Å². The highest BCUT2D eigenvalue weighted by molar-refractivity contribution is 9.10. The molecule has 0 radical (unpaired) electrons. The number of hydrogen-bond donors (Lipinski definition) is 6. The molecular formula is C16H25BrO7. The first-order valence-corrected chi connectivity index (χ1v) is 8.14. The average molecular weight is 409 g/mol. The number of aromatic hydroxyl groups is 1. The summed E-state index contributed by atoms with van der Waals surface area (Å²) in [5, 5.41) is 53.2. The summed E-state index contributed by atoms with van der Waals surface area (Å²) in [6, 6.07) is 3.99. The Bertz CT molecular complexity index is 521. The Labute approximate surface area is 149 Å². The van der Waals surface area contributed by atoms with E-state index in [9.17, 15) is 9.90 Å². The Kier molecular flexibility index (Phi) is 10.3. The number of aliphatic hydroxyl groups excluding tert-OH is 5. The summed E-state index contributed by atoms with van der Waals surface area (Å²) in [7, 11) is 0. The van der Waals surface area contributed by atoms with Crippen molar-refractivity contribution in [2.75, 3.05) is 6.61 Å². The Hall–Kier alpha value is -1.03. The molecule has 0 saturated carbocycles. The van der Waals surface area contributed by atoms with Crippen molar-refractivity contribution in [3.8, 4) is 5.75 Å². The van der Waals surface area contributed by atoms with Crippen LogP contribution in [0.4, 0.5) is 0 Å². The molecule has 4 atom stereocenters. The van der Waals surface area contributed by atoms with E-state index < -0.39 is 31.0 Å². The summed E-state index contributed by atoms with van der Waals surface area (Å²) in [4.78, 5) is 9.90. The third kappa shape index (κ3) is 6.46.